The maximum atomic E-state index is 12.8. The molecule has 2 N–H and O–H groups in total. The fourth-order valence-electron chi connectivity index (χ4n) is 4.03. The molecule has 0 saturated carbocycles. The van der Waals surface area contributed by atoms with Crippen LogP contribution in [0.1, 0.15) is 32.8 Å². The summed E-state index contributed by atoms with van der Waals surface area (Å²) in [6.45, 7) is 5.90. The number of anilines is 1. The van der Waals surface area contributed by atoms with Gasteiger partial charge in [-0.25, -0.2) is 9.52 Å². The number of nitrogens with one attached hydrogen (secondary N) is 2. The number of pyridine rings is 1. The molecule has 1 aliphatic heterocycles. The van der Waals surface area contributed by atoms with Gasteiger partial charge in [0.2, 0.25) is 5.91 Å². The van der Waals surface area contributed by atoms with Crippen LogP contribution in [0.4, 0.5) is 10.5 Å². The number of ether oxygens (including phenoxy) is 3. The number of amides is 2. The molecule has 2 amide bonds. The molecule has 13 nitrogen and oxygen atoms in total. The molecule has 2 aromatic rings. The van der Waals surface area contributed by atoms with E-state index in [0.717, 1.165) is 0 Å². The first-order valence-electron chi connectivity index (χ1n) is 11.9. The SMILES string of the molecule is COc1cc2ncc(C#N)c(N3CCCN(C(=O)CNS(=O)(=O)NC(=O)OC(C)(C)C)CC3)c2cc1OC. The maximum Gasteiger partial charge on any atom is 0.422 e. The van der Waals surface area contributed by atoms with Crippen LogP contribution in [0.3, 0.4) is 0 Å². The number of hydrogen-bond donors (Lipinski definition) is 2. The van der Waals surface area contributed by atoms with Crippen LogP contribution in [0, 0.1) is 11.3 Å². The highest BCUT2D eigenvalue weighted by Crippen LogP contribution is 2.37. The number of fused-ring (bicyclic) bond motifs is 1. The molecule has 0 atom stereocenters. The van der Waals surface area contributed by atoms with Crippen molar-refractivity contribution in [2.24, 2.45) is 0 Å². The van der Waals surface area contributed by atoms with Gasteiger partial charge in [-0.05, 0) is 33.3 Å². The fourth-order valence-corrected chi connectivity index (χ4v) is 4.68. The van der Waals surface area contributed by atoms with E-state index in [1.165, 1.54) is 25.3 Å². The molecule has 0 bridgehead atoms. The van der Waals surface area contributed by atoms with Crippen molar-refractivity contribution in [3.05, 3.63) is 23.9 Å². The molecule has 0 aliphatic carbocycles. The van der Waals surface area contributed by atoms with Gasteiger partial charge in [-0.3, -0.25) is 9.78 Å². The first-order valence-corrected chi connectivity index (χ1v) is 13.3. The first kappa shape index (κ1) is 28.7. The normalized spacial score (nSPS) is 14.4. The lowest BCUT2D eigenvalue weighted by Crippen LogP contribution is -2.47. The number of benzene rings is 1. The molecule has 0 spiro atoms. The van der Waals surface area contributed by atoms with Gasteiger partial charge in [0.05, 0.1) is 37.5 Å². The number of methoxy groups -OCH3 is 2. The van der Waals surface area contributed by atoms with Crippen LogP contribution >= 0.6 is 0 Å². The van der Waals surface area contributed by atoms with Gasteiger partial charge in [-0.2, -0.15) is 18.4 Å². The lowest BCUT2D eigenvalue weighted by molar-refractivity contribution is -0.129. The Morgan fingerprint density at radius 1 is 1.11 bits per heavy atom. The molecule has 38 heavy (non-hydrogen) atoms. The Morgan fingerprint density at radius 2 is 1.79 bits per heavy atom. The quantitative estimate of drug-likeness (QED) is 0.518. The van der Waals surface area contributed by atoms with Crippen LogP contribution in [0.2, 0.25) is 0 Å². The largest absolute Gasteiger partial charge is 0.493 e. The van der Waals surface area contributed by atoms with Crippen molar-refractivity contribution in [1.29, 1.82) is 5.26 Å². The first-order chi connectivity index (χ1) is 17.9. The summed E-state index contributed by atoms with van der Waals surface area (Å²) in [6.07, 6.45) is 0.940. The average Bonchev–Trinajstić information content (AvgIpc) is 3.10. The summed E-state index contributed by atoms with van der Waals surface area (Å²) in [7, 11) is -1.24. The van der Waals surface area contributed by atoms with Gasteiger partial charge in [0.15, 0.2) is 11.5 Å². The molecule has 3 rings (SSSR count). The van der Waals surface area contributed by atoms with Gasteiger partial charge in [-0.15, -0.1) is 0 Å². The predicted molar refractivity (Wildman–Crippen MR) is 139 cm³/mol. The van der Waals surface area contributed by atoms with Crippen molar-refractivity contribution in [1.82, 2.24) is 19.3 Å². The van der Waals surface area contributed by atoms with Crippen molar-refractivity contribution in [3.8, 4) is 17.6 Å². The minimum atomic E-state index is -4.29. The molecule has 2 heterocycles. The highest BCUT2D eigenvalue weighted by Gasteiger charge is 2.26. The van der Waals surface area contributed by atoms with E-state index in [0.29, 0.717) is 66.3 Å². The minimum absolute atomic E-state index is 0.294. The maximum absolute atomic E-state index is 12.8. The molecular weight excluding hydrogens is 516 g/mol. The van der Waals surface area contributed by atoms with E-state index in [1.807, 2.05) is 4.90 Å². The van der Waals surface area contributed by atoms with E-state index in [4.69, 9.17) is 14.2 Å². The van der Waals surface area contributed by atoms with Crippen LogP contribution in [0.15, 0.2) is 18.3 Å². The molecule has 1 aliphatic rings. The molecule has 1 saturated heterocycles. The third-order valence-corrected chi connectivity index (χ3v) is 6.62. The summed E-state index contributed by atoms with van der Waals surface area (Å²) in [5, 5.41) is 10.5. The standard InChI is InChI=1S/C24H32N6O7S/c1-24(2,3)37-23(32)28-38(33,34)27-15-21(31)29-7-6-8-30(10-9-29)22-16(13-25)14-26-18-12-20(36-5)19(35-4)11-17(18)22/h11-12,14,27H,6-10,15H2,1-5H3,(H,28,32). The Kier molecular flexibility index (Phi) is 8.85. The number of nitriles is 1. The second-order valence-electron chi connectivity index (χ2n) is 9.51. The van der Waals surface area contributed by atoms with E-state index in [9.17, 15) is 23.3 Å². The zero-order chi connectivity index (χ0) is 28.1. The highest BCUT2D eigenvalue weighted by molar-refractivity contribution is 7.88. The minimum Gasteiger partial charge on any atom is -0.493 e. The third-order valence-electron chi connectivity index (χ3n) is 5.66. The number of hydrogen-bond acceptors (Lipinski definition) is 10. The molecule has 14 heteroatoms. The summed E-state index contributed by atoms with van der Waals surface area (Å²) >= 11 is 0. The molecule has 1 aromatic carbocycles. The molecule has 1 fully saturated rings. The van der Waals surface area contributed by atoms with Crippen LogP contribution in [0.5, 0.6) is 11.5 Å². The van der Waals surface area contributed by atoms with Gasteiger partial charge < -0.3 is 24.0 Å². The van der Waals surface area contributed by atoms with Crippen molar-refractivity contribution in [2.45, 2.75) is 32.8 Å². The Hall–Kier alpha value is -3.83. The van der Waals surface area contributed by atoms with E-state index in [-0.39, 0.29) is 0 Å². The van der Waals surface area contributed by atoms with E-state index in [2.05, 4.69) is 15.8 Å². The fraction of sp³-hybridized carbons (Fsp3) is 0.500. The van der Waals surface area contributed by atoms with Crippen molar-refractivity contribution < 1.29 is 32.2 Å². The Bertz CT molecular complexity index is 1350. The lowest BCUT2D eigenvalue weighted by Gasteiger charge is -2.26. The number of carbonyl (C=O) groups excluding carboxylic acids is 2. The number of rotatable bonds is 7. The third kappa shape index (κ3) is 7.14. The van der Waals surface area contributed by atoms with Crippen LogP contribution < -0.4 is 23.8 Å². The summed E-state index contributed by atoms with van der Waals surface area (Å²) in [5.41, 5.74) is 0.803. The van der Waals surface area contributed by atoms with Crippen LogP contribution in [0.25, 0.3) is 10.9 Å². The average molecular weight is 549 g/mol. The van der Waals surface area contributed by atoms with Crippen LogP contribution in [-0.2, 0) is 19.7 Å². The van der Waals surface area contributed by atoms with Gasteiger partial charge >= 0.3 is 16.3 Å². The van der Waals surface area contributed by atoms with Gasteiger partial charge in [-0.1, -0.05) is 0 Å². The van der Waals surface area contributed by atoms with Crippen molar-refractivity contribution in [2.75, 3.05) is 51.8 Å². The monoisotopic (exact) mass is 548 g/mol. The van der Waals surface area contributed by atoms with Crippen LogP contribution in [-0.4, -0.2) is 82.8 Å². The molecule has 0 unspecified atom stereocenters. The van der Waals surface area contributed by atoms with Crippen molar-refractivity contribution >= 4 is 38.8 Å². The number of nitrogens with zero attached hydrogens (tertiary/aromatic N) is 4. The van der Waals surface area contributed by atoms with Gasteiger partial charge in [0.1, 0.15) is 11.7 Å². The molecule has 1 aromatic heterocycles. The number of carbonyl (C=O) groups is 2. The topological polar surface area (TPSA) is 163 Å². The molecule has 206 valence electrons. The zero-order valence-corrected chi connectivity index (χ0v) is 22.8. The summed E-state index contributed by atoms with van der Waals surface area (Å²) in [5.74, 6) is 0.560. The molecule has 0 radical (unpaired) electrons. The Balaban J connectivity index is 1.72. The summed E-state index contributed by atoms with van der Waals surface area (Å²) < 4.78 is 43.9. The predicted octanol–water partition coefficient (Wildman–Crippen LogP) is 1.52. The highest BCUT2D eigenvalue weighted by atomic mass is 32.2. The zero-order valence-electron chi connectivity index (χ0n) is 22.0. The lowest BCUT2D eigenvalue weighted by atomic mass is 10.1. The van der Waals surface area contributed by atoms with E-state index >= 15 is 0 Å². The van der Waals surface area contributed by atoms with Gasteiger partial charge in [0, 0.05) is 43.8 Å². The van der Waals surface area contributed by atoms with Gasteiger partial charge in [0.25, 0.3) is 0 Å². The Labute approximate surface area is 221 Å². The summed E-state index contributed by atoms with van der Waals surface area (Å²) in [6, 6.07) is 5.71. The second-order valence-corrected chi connectivity index (χ2v) is 11.0. The van der Waals surface area contributed by atoms with E-state index in [1.54, 1.807) is 37.6 Å². The second kappa shape index (κ2) is 11.7. The summed E-state index contributed by atoms with van der Waals surface area (Å²) in [4.78, 5) is 32.5. The Morgan fingerprint density at radius 3 is 2.42 bits per heavy atom. The van der Waals surface area contributed by atoms with E-state index < -0.39 is 34.4 Å². The van der Waals surface area contributed by atoms with Crippen molar-refractivity contribution in [3.63, 3.8) is 0 Å². The smallest absolute Gasteiger partial charge is 0.422 e. The molecular formula is C24H32N6O7S. The number of aromatic nitrogens is 1.